The number of aromatic amines is 1. The highest BCUT2D eigenvalue weighted by Gasteiger charge is 2.09. The van der Waals surface area contributed by atoms with Gasteiger partial charge in [-0.15, -0.1) is 0 Å². The first kappa shape index (κ1) is 19.0. The summed E-state index contributed by atoms with van der Waals surface area (Å²) in [5.74, 6) is -0.820. The predicted octanol–water partition coefficient (Wildman–Crippen LogP) is 1.73. The molecule has 0 saturated carbocycles. The number of carbonyl (C=O) groups excluding carboxylic acids is 2. The minimum atomic E-state index is -0.975. The van der Waals surface area contributed by atoms with Gasteiger partial charge in [0.15, 0.2) is 5.65 Å². The molecule has 0 bridgehead atoms. The maximum atomic E-state index is 12.1. The topological polar surface area (TPSA) is 137 Å². The van der Waals surface area contributed by atoms with Gasteiger partial charge in [-0.25, -0.2) is 9.97 Å². The summed E-state index contributed by atoms with van der Waals surface area (Å²) in [6.07, 6.45) is 2.22. The van der Waals surface area contributed by atoms with Crippen LogP contribution >= 0.6 is 0 Å². The zero-order valence-corrected chi connectivity index (χ0v) is 14.9. The first-order chi connectivity index (χ1) is 13.5. The van der Waals surface area contributed by atoms with E-state index in [0.717, 1.165) is 5.52 Å². The summed E-state index contributed by atoms with van der Waals surface area (Å²) in [5, 5.41) is 13.9. The number of hydrogen-bond acceptors (Lipinski definition) is 5. The van der Waals surface area contributed by atoms with Crippen molar-refractivity contribution in [3.05, 3.63) is 54.0 Å². The van der Waals surface area contributed by atoms with Crippen LogP contribution in [-0.4, -0.2) is 44.4 Å². The number of imidazole rings is 1. The van der Waals surface area contributed by atoms with Crippen LogP contribution in [0, 0.1) is 0 Å². The Labute approximate surface area is 160 Å². The normalized spacial score (nSPS) is 10.6. The fraction of sp³-hybridized carbons (Fsp3) is 0.211. The molecule has 144 valence electrons. The van der Waals surface area contributed by atoms with Crippen LogP contribution < -0.4 is 10.6 Å². The molecule has 0 aliphatic heterocycles. The Kier molecular flexibility index (Phi) is 5.95. The molecule has 1 aromatic carbocycles. The molecule has 0 radical (unpaired) electrons. The SMILES string of the molecule is O=C(O)CCNC(=O)c1ccc(NC(=O)CCc2nc3ncccc3[nH]2)cc1. The van der Waals surface area contributed by atoms with Gasteiger partial charge in [-0.2, -0.15) is 0 Å². The van der Waals surface area contributed by atoms with Crippen molar-refractivity contribution < 1.29 is 19.5 Å². The highest BCUT2D eigenvalue weighted by molar-refractivity contribution is 5.96. The van der Waals surface area contributed by atoms with E-state index < -0.39 is 5.97 Å². The number of carbonyl (C=O) groups is 3. The Morgan fingerprint density at radius 3 is 2.57 bits per heavy atom. The Hall–Kier alpha value is -3.75. The number of H-pyrrole nitrogens is 1. The van der Waals surface area contributed by atoms with E-state index in [1.807, 2.05) is 12.1 Å². The number of carboxylic acids is 1. The average Bonchev–Trinajstić information content (AvgIpc) is 3.09. The number of aliphatic carboxylic acids is 1. The molecule has 0 spiro atoms. The van der Waals surface area contributed by atoms with Crippen molar-refractivity contribution in [2.75, 3.05) is 11.9 Å². The zero-order valence-electron chi connectivity index (χ0n) is 14.9. The van der Waals surface area contributed by atoms with E-state index in [1.54, 1.807) is 30.5 Å². The van der Waals surface area contributed by atoms with E-state index >= 15 is 0 Å². The number of hydrogen-bond donors (Lipinski definition) is 4. The number of pyridine rings is 1. The van der Waals surface area contributed by atoms with Gasteiger partial charge in [-0.3, -0.25) is 14.4 Å². The van der Waals surface area contributed by atoms with Crippen molar-refractivity contribution in [3.63, 3.8) is 0 Å². The van der Waals surface area contributed by atoms with Crippen LogP contribution in [0.5, 0.6) is 0 Å². The Bertz CT molecular complexity index is 964. The largest absolute Gasteiger partial charge is 0.481 e. The number of rotatable bonds is 8. The smallest absolute Gasteiger partial charge is 0.305 e. The van der Waals surface area contributed by atoms with Crippen molar-refractivity contribution in [1.29, 1.82) is 0 Å². The lowest BCUT2D eigenvalue weighted by molar-refractivity contribution is -0.136. The van der Waals surface area contributed by atoms with Gasteiger partial charge in [0.25, 0.3) is 5.91 Å². The third-order valence-electron chi connectivity index (χ3n) is 3.95. The lowest BCUT2D eigenvalue weighted by atomic mass is 10.2. The second-order valence-electron chi connectivity index (χ2n) is 6.08. The molecule has 3 aromatic rings. The molecular formula is C19H19N5O4. The number of anilines is 1. The van der Waals surface area contributed by atoms with Gasteiger partial charge < -0.3 is 20.7 Å². The summed E-state index contributed by atoms with van der Waals surface area (Å²) < 4.78 is 0. The van der Waals surface area contributed by atoms with Crippen LogP contribution in [0.3, 0.4) is 0 Å². The number of aryl methyl sites for hydroxylation is 1. The van der Waals surface area contributed by atoms with Crippen LogP contribution in [0.4, 0.5) is 5.69 Å². The molecule has 0 unspecified atom stereocenters. The molecule has 28 heavy (non-hydrogen) atoms. The molecule has 3 rings (SSSR count). The summed E-state index contributed by atoms with van der Waals surface area (Å²) in [7, 11) is 0. The molecule has 0 aliphatic carbocycles. The molecule has 2 heterocycles. The molecule has 0 atom stereocenters. The number of benzene rings is 1. The Balaban J connectivity index is 1.48. The third-order valence-corrected chi connectivity index (χ3v) is 3.95. The van der Waals surface area contributed by atoms with Crippen LogP contribution in [-0.2, 0) is 16.0 Å². The molecule has 4 N–H and O–H groups in total. The van der Waals surface area contributed by atoms with Crippen LogP contribution in [0.25, 0.3) is 11.2 Å². The first-order valence-corrected chi connectivity index (χ1v) is 8.71. The molecule has 0 aliphatic rings. The van der Waals surface area contributed by atoms with Gasteiger partial charge in [-0.05, 0) is 36.4 Å². The number of fused-ring (bicyclic) bond motifs is 1. The average molecular weight is 381 g/mol. The second kappa shape index (κ2) is 8.76. The summed E-state index contributed by atoms with van der Waals surface area (Å²) in [6, 6.07) is 10.1. The fourth-order valence-corrected chi connectivity index (χ4v) is 2.56. The van der Waals surface area contributed by atoms with E-state index in [2.05, 4.69) is 25.6 Å². The van der Waals surface area contributed by atoms with E-state index in [-0.39, 0.29) is 31.2 Å². The van der Waals surface area contributed by atoms with Crippen molar-refractivity contribution in [1.82, 2.24) is 20.3 Å². The third kappa shape index (κ3) is 5.13. The summed E-state index contributed by atoms with van der Waals surface area (Å²) >= 11 is 0. The molecule has 0 saturated heterocycles. The quantitative estimate of drug-likeness (QED) is 0.469. The molecule has 2 amide bonds. The lowest BCUT2D eigenvalue weighted by Gasteiger charge is -2.07. The van der Waals surface area contributed by atoms with E-state index in [1.165, 1.54) is 0 Å². The second-order valence-corrected chi connectivity index (χ2v) is 6.08. The molecule has 9 heteroatoms. The molecule has 0 fully saturated rings. The van der Waals surface area contributed by atoms with Gasteiger partial charge in [0.05, 0.1) is 11.9 Å². The fourth-order valence-electron chi connectivity index (χ4n) is 2.56. The Morgan fingerprint density at radius 2 is 1.86 bits per heavy atom. The van der Waals surface area contributed by atoms with Crippen molar-refractivity contribution in [2.45, 2.75) is 19.3 Å². The van der Waals surface area contributed by atoms with Gasteiger partial charge in [0.1, 0.15) is 5.82 Å². The molecule has 9 nitrogen and oxygen atoms in total. The van der Waals surface area contributed by atoms with Gasteiger partial charge in [0.2, 0.25) is 5.91 Å². The summed E-state index contributed by atoms with van der Waals surface area (Å²) in [4.78, 5) is 46.1. The Morgan fingerprint density at radius 1 is 1.07 bits per heavy atom. The van der Waals surface area contributed by atoms with Gasteiger partial charge in [0, 0.05) is 36.8 Å². The van der Waals surface area contributed by atoms with Crippen LogP contribution in [0.1, 0.15) is 29.0 Å². The van der Waals surface area contributed by atoms with Crippen molar-refractivity contribution in [3.8, 4) is 0 Å². The summed E-state index contributed by atoms with van der Waals surface area (Å²) in [6.45, 7) is 0.0595. The number of amides is 2. The zero-order chi connectivity index (χ0) is 19.9. The number of nitrogens with one attached hydrogen (secondary N) is 3. The van der Waals surface area contributed by atoms with E-state index in [9.17, 15) is 14.4 Å². The molecule has 2 aromatic heterocycles. The standard InChI is InChI=1S/C19H19N5O4/c25-16(8-7-15-23-14-2-1-10-20-18(14)24-15)22-13-5-3-12(4-6-13)19(28)21-11-9-17(26)27/h1-6,10H,7-9,11H2,(H,21,28)(H,22,25)(H,26,27)(H,20,23,24). The number of carboxylic acid groups (broad SMARTS) is 1. The van der Waals surface area contributed by atoms with Crippen molar-refractivity contribution in [2.24, 2.45) is 0 Å². The minimum Gasteiger partial charge on any atom is -0.481 e. The summed E-state index contributed by atoms with van der Waals surface area (Å²) in [5.41, 5.74) is 2.40. The van der Waals surface area contributed by atoms with Crippen LogP contribution in [0.2, 0.25) is 0 Å². The molecular weight excluding hydrogens is 362 g/mol. The maximum Gasteiger partial charge on any atom is 0.305 e. The van der Waals surface area contributed by atoms with Crippen molar-refractivity contribution >= 4 is 34.6 Å². The highest BCUT2D eigenvalue weighted by atomic mass is 16.4. The van der Waals surface area contributed by atoms with Gasteiger partial charge >= 0.3 is 5.97 Å². The minimum absolute atomic E-state index is 0.0595. The van der Waals surface area contributed by atoms with Crippen LogP contribution in [0.15, 0.2) is 42.6 Å². The predicted molar refractivity (Wildman–Crippen MR) is 102 cm³/mol. The van der Waals surface area contributed by atoms with E-state index in [4.69, 9.17) is 5.11 Å². The monoisotopic (exact) mass is 381 g/mol. The van der Waals surface area contributed by atoms with Gasteiger partial charge in [-0.1, -0.05) is 0 Å². The first-order valence-electron chi connectivity index (χ1n) is 8.71. The maximum absolute atomic E-state index is 12.1. The van der Waals surface area contributed by atoms with E-state index in [0.29, 0.717) is 29.1 Å². The number of nitrogens with zero attached hydrogens (tertiary/aromatic N) is 2. The highest BCUT2D eigenvalue weighted by Crippen LogP contribution is 2.12. The number of aromatic nitrogens is 3. The lowest BCUT2D eigenvalue weighted by Crippen LogP contribution is -2.25.